The molecule has 152 valence electrons. The maximum Gasteiger partial charge on any atom is 0.306 e. The molecule has 0 fully saturated rings. The zero-order chi connectivity index (χ0) is 20.3. The lowest BCUT2D eigenvalue weighted by molar-refractivity contribution is -0.148. The minimum absolute atomic E-state index is 0.110. The fourth-order valence-electron chi connectivity index (χ4n) is 2.68. The second kappa shape index (κ2) is 16.8. The van der Waals surface area contributed by atoms with Crippen LogP contribution in [-0.4, -0.2) is 5.97 Å². The Morgan fingerprint density at radius 1 is 0.857 bits per heavy atom. The molecule has 0 amide bonds. The van der Waals surface area contributed by atoms with Gasteiger partial charge in [0.15, 0.2) is 0 Å². The van der Waals surface area contributed by atoms with E-state index in [4.69, 9.17) is 4.74 Å². The molecule has 0 spiro atoms. The average molecular weight is 381 g/mol. The SMILES string of the molecule is CC/C=C\C/C=C\C/C=C\C/C=C\CCCCC(=O)OC(C)c1ccccc1. The van der Waals surface area contributed by atoms with E-state index >= 15 is 0 Å². The molecule has 1 aromatic rings. The van der Waals surface area contributed by atoms with Gasteiger partial charge in [-0.15, -0.1) is 0 Å². The number of rotatable bonds is 14. The van der Waals surface area contributed by atoms with Crippen LogP contribution in [-0.2, 0) is 9.53 Å². The van der Waals surface area contributed by atoms with Gasteiger partial charge in [-0.05, 0) is 57.4 Å². The highest BCUT2D eigenvalue weighted by atomic mass is 16.5. The van der Waals surface area contributed by atoms with Gasteiger partial charge in [0.2, 0.25) is 0 Å². The van der Waals surface area contributed by atoms with Gasteiger partial charge in [0, 0.05) is 6.42 Å². The summed E-state index contributed by atoms with van der Waals surface area (Å²) in [5, 5.41) is 0. The Morgan fingerprint density at radius 3 is 2.04 bits per heavy atom. The summed E-state index contributed by atoms with van der Waals surface area (Å²) in [6.45, 7) is 4.07. The Bertz CT molecular complexity index is 623. The molecule has 0 bridgehead atoms. The lowest BCUT2D eigenvalue weighted by atomic mass is 10.1. The maximum atomic E-state index is 11.9. The van der Waals surface area contributed by atoms with Crippen LogP contribution in [0.4, 0.5) is 0 Å². The van der Waals surface area contributed by atoms with Crippen molar-refractivity contribution < 1.29 is 9.53 Å². The van der Waals surface area contributed by atoms with Crippen molar-refractivity contribution in [3.63, 3.8) is 0 Å². The summed E-state index contributed by atoms with van der Waals surface area (Å²) in [6, 6.07) is 9.86. The van der Waals surface area contributed by atoms with Gasteiger partial charge in [0.1, 0.15) is 6.10 Å². The van der Waals surface area contributed by atoms with Crippen molar-refractivity contribution in [1.29, 1.82) is 0 Å². The van der Waals surface area contributed by atoms with Crippen LogP contribution in [0.2, 0.25) is 0 Å². The molecule has 0 aliphatic heterocycles. The summed E-state index contributed by atoms with van der Waals surface area (Å²) < 4.78 is 5.48. The predicted molar refractivity (Wildman–Crippen MR) is 120 cm³/mol. The van der Waals surface area contributed by atoms with Gasteiger partial charge in [-0.2, -0.15) is 0 Å². The van der Waals surface area contributed by atoms with Crippen molar-refractivity contribution in [1.82, 2.24) is 0 Å². The smallest absolute Gasteiger partial charge is 0.306 e. The summed E-state index contributed by atoms with van der Waals surface area (Å²) in [6.07, 6.45) is 24.9. The summed E-state index contributed by atoms with van der Waals surface area (Å²) in [4.78, 5) is 11.9. The third-order valence-corrected chi connectivity index (χ3v) is 4.30. The maximum absolute atomic E-state index is 11.9. The molecule has 1 rings (SSSR count). The normalized spacial score (nSPS) is 13.2. The van der Waals surface area contributed by atoms with E-state index < -0.39 is 0 Å². The van der Waals surface area contributed by atoms with Gasteiger partial charge >= 0.3 is 5.97 Å². The summed E-state index contributed by atoms with van der Waals surface area (Å²) >= 11 is 0. The molecule has 28 heavy (non-hydrogen) atoms. The van der Waals surface area contributed by atoms with Gasteiger partial charge in [-0.3, -0.25) is 4.79 Å². The molecule has 0 radical (unpaired) electrons. The molecule has 0 saturated heterocycles. The molecular formula is C26H36O2. The lowest BCUT2D eigenvalue weighted by Gasteiger charge is -2.13. The topological polar surface area (TPSA) is 26.3 Å². The van der Waals surface area contributed by atoms with E-state index in [2.05, 4.69) is 55.5 Å². The third-order valence-electron chi connectivity index (χ3n) is 4.30. The number of allylic oxidation sites excluding steroid dienone is 8. The Labute approximate surface area is 171 Å². The van der Waals surface area contributed by atoms with Crippen LogP contribution in [0.15, 0.2) is 78.9 Å². The first-order valence-corrected chi connectivity index (χ1v) is 10.6. The average Bonchev–Trinajstić information content (AvgIpc) is 2.71. The summed E-state index contributed by atoms with van der Waals surface area (Å²) in [5.74, 6) is -0.110. The first kappa shape index (κ1) is 23.7. The number of hydrogen-bond acceptors (Lipinski definition) is 2. The number of carbonyl (C=O) groups excluding carboxylic acids is 1. The minimum Gasteiger partial charge on any atom is -0.458 e. The van der Waals surface area contributed by atoms with Gasteiger partial charge in [-0.25, -0.2) is 0 Å². The highest BCUT2D eigenvalue weighted by molar-refractivity contribution is 5.69. The van der Waals surface area contributed by atoms with E-state index in [1.165, 1.54) is 0 Å². The Morgan fingerprint density at radius 2 is 1.43 bits per heavy atom. The first-order valence-electron chi connectivity index (χ1n) is 10.6. The molecule has 0 heterocycles. The van der Waals surface area contributed by atoms with Crippen molar-refractivity contribution >= 4 is 5.97 Å². The summed E-state index contributed by atoms with van der Waals surface area (Å²) in [7, 11) is 0. The fourth-order valence-corrected chi connectivity index (χ4v) is 2.68. The zero-order valence-electron chi connectivity index (χ0n) is 17.6. The van der Waals surface area contributed by atoms with E-state index in [0.29, 0.717) is 6.42 Å². The van der Waals surface area contributed by atoms with Gasteiger partial charge in [0.05, 0.1) is 0 Å². The standard InChI is InChI=1S/C26H36O2/c1-3-4-5-6-7-8-9-10-11-12-13-14-15-16-20-23-26(27)28-24(2)25-21-18-17-19-22-25/h4-5,7-8,10-11,13-14,17-19,21-22,24H,3,6,9,12,15-16,20,23H2,1-2H3/b5-4-,8-7-,11-10-,14-13-. The van der Waals surface area contributed by atoms with Crippen LogP contribution < -0.4 is 0 Å². The minimum atomic E-state index is -0.178. The second-order valence-corrected chi connectivity index (χ2v) is 6.79. The van der Waals surface area contributed by atoms with E-state index in [9.17, 15) is 4.79 Å². The predicted octanol–water partition coefficient (Wildman–Crippen LogP) is 7.66. The lowest BCUT2D eigenvalue weighted by Crippen LogP contribution is -2.08. The van der Waals surface area contributed by atoms with E-state index in [1.807, 2.05) is 37.3 Å². The number of ether oxygens (including phenoxy) is 1. The number of carbonyl (C=O) groups is 1. The number of unbranched alkanes of at least 4 members (excludes halogenated alkanes) is 2. The number of hydrogen-bond donors (Lipinski definition) is 0. The van der Waals surface area contributed by atoms with Gasteiger partial charge in [-0.1, -0.05) is 85.9 Å². The third kappa shape index (κ3) is 12.9. The largest absolute Gasteiger partial charge is 0.458 e. The molecular weight excluding hydrogens is 344 g/mol. The van der Waals surface area contributed by atoms with Crippen LogP contribution >= 0.6 is 0 Å². The highest BCUT2D eigenvalue weighted by Crippen LogP contribution is 2.17. The molecule has 0 saturated carbocycles. The monoisotopic (exact) mass is 380 g/mol. The second-order valence-electron chi connectivity index (χ2n) is 6.79. The van der Waals surface area contributed by atoms with Crippen molar-refractivity contribution in [2.75, 3.05) is 0 Å². The van der Waals surface area contributed by atoms with Crippen LogP contribution in [0.3, 0.4) is 0 Å². The zero-order valence-corrected chi connectivity index (χ0v) is 17.6. The van der Waals surface area contributed by atoms with Crippen LogP contribution in [0, 0.1) is 0 Å². The van der Waals surface area contributed by atoms with Gasteiger partial charge < -0.3 is 4.74 Å². The first-order chi connectivity index (χ1) is 13.7. The fraction of sp³-hybridized carbons (Fsp3) is 0.423. The van der Waals surface area contributed by atoms with Crippen LogP contribution in [0.1, 0.15) is 76.9 Å². The van der Waals surface area contributed by atoms with Crippen molar-refractivity contribution in [3.05, 3.63) is 84.5 Å². The molecule has 0 aliphatic rings. The molecule has 1 atom stereocenters. The molecule has 0 N–H and O–H groups in total. The summed E-state index contributed by atoms with van der Waals surface area (Å²) in [5.41, 5.74) is 1.04. The molecule has 0 aliphatic carbocycles. The quantitative estimate of drug-likeness (QED) is 0.188. The van der Waals surface area contributed by atoms with Crippen molar-refractivity contribution in [2.45, 2.75) is 71.3 Å². The van der Waals surface area contributed by atoms with Gasteiger partial charge in [0.25, 0.3) is 0 Å². The molecule has 0 aromatic heterocycles. The molecule has 2 nitrogen and oxygen atoms in total. The highest BCUT2D eigenvalue weighted by Gasteiger charge is 2.10. The Balaban J connectivity index is 2.01. The molecule has 1 unspecified atom stereocenters. The number of esters is 1. The van der Waals surface area contributed by atoms with E-state index in [1.54, 1.807) is 0 Å². The van der Waals surface area contributed by atoms with Crippen LogP contribution in [0.5, 0.6) is 0 Å². The number of benzene rings is 1. The Kier molecular flexibility index (Phi) is 14.2. The Hall–Kier alpha value is -2.35. The molecule has 1 aromatic carbocycles. The van der Waals surface area contributed by atoms with Crippen LogP contribution in [0.25, 0.3) is 0 Å². The molecule has 2 heteroatoms. The van der Waals surface area contributed by atoms with E-state index in [0.717, 1.165) is 50.5 Å². The van der Waals surface area contributed by atoms with E-state index in [-0.39, 0.29) is 12.1 Å². The van der Waals surface area contributed by atoms with Crippen molar-refractivity contribution in [3.8, 4) is 0 Å². The van der Waals surface area contributed by atoms with Crippen molar-refractivity contribution in [2.24, 2.45) is 0 Å².